The SMILES string of the molecule is CC.CC.CN(C)C(C(=O)O)c1cnc2ccccc2c1. The molecule has 2 rings (SSSR count). The van der Waals surface area contributed by atoms with Gasteiger partial charge in [0, 0.05) is 11.6 Å². The first-order chi connectivity index (χ1) is 10.1. The molecule has 1 heterocycles. The van der Waals surface area contributed by atoms with E-state index < -0.39 is 12.0 Å². The molecule has 0 aliphatic carbocycles. The summed E-state index contributed by atoms with van der Waals surface area (Å²) in [5.41, 5.74) is 1.57. The zero-order valence-electron chi connectivity index (χ0n) is 13.8. The summed E-state index contributed by atoms with van der Waals surface area (Å²) in [6.45, 7) is 8.00. The van der Waals surface area contributed by atoms with Crippen LogP contribution in [-0.2, 0) is 4.79 Å². The van der Waals surface area contributed by atoms with Crippen LogP contribution in [0.2, 0.25) is 0 Å². The number of pyridine rings is 1. The van der Waals surface area contributed by atoms with Crippen LogP contribution >= 0.6 is 0 Å². The molecule has 0 saturated carbocycles. The number of hydrogen-bond acceptors (Lipinski definition) is 3. The number of fused-ring (bicyclic) bond motifs is 1. The minimum atomic E-state index is -0.868. The van der Waals surface area contributed by atoms with E-state index in [-0.39, 0.29) is 0 Å². The second-order valence-corrected chi connectivity index (χ2v) is 4.17. The largest absolute Gasteiger partial charge is 0.480 e. The minimum Gasteiger partial charge on any atom is -0.480 e. The summed E-state index contributed by atoms with van der Waals surface area (Å²) in [6, 6.07) is 8.88. The summed E-state index contributed by atoms with van der Waals surface area (Å²) >= 11 is 0. The predicted molar refractivity (Wildman–Crippen MR) is 88.5 cm³/mol. The van der Waals surface area contributed by atoms with Gasteiger partial charge in [0.2, 0.25) is 0 Å². The lowest BCUT2D eigenvalue weighted by Gasteiger charge is -2.20. The maximum Gasteiger partial charge on any atom is 0.325 e. The highest BCUT2D eigenvalue weighted by Gasteiger charge is 2.22. The van der Waals surface area contributed by atoms with Crippen LogP contribution in [-0.4, -0.2) is 35.1 Å². The molecule has 0 aliphatic heterocycles. The van der Waals surface area contributed by atoms with Gasteiger partial charge >= 0.3 is 5.97 Å². The maximum absolute atomic E-state index is 11.2. The van der Waals surface area contributed by atoms with Crippen molar-refractivity contribution in [2.75, 3.05) is 14.1 Å². The molecule has 0 bridgehead atoms. The van der Waals surface area contributed by atoms with Crippen LogP contribution in [0.25, 0.3) is 10.9 Å². The van der Waals surface area contributed by atoms with Gasteiger partial charge in [0.05, 0.1) is 5.52 Å². The third-order valence-corrected chi connectivity index (χ3v) is 2.68. The Labute approximate surface area is 127 Å². The highest BCUT2D eigenvalue weighted by Crippen LogP contribution is 2.21. The van der Waals surface area contributed by atoms with Gasteiger partial charge in [0.1, 0.15) is 6.04 Å². The van der Waals surface area contributed by atoms with Crippen LogP contribution < -0.4 is 0 Å². The Morgan fingerprint density at radius 2 is 1.71 bits per heavy atom. The molecule has 1 atom stereocenters. The molecule has 0 saturated heterocycles. The van der Waals surface area contributed by atoms with Crippen molar-refractivity contribution in [1.82, 2.24) is 9.88 Å². The van der Waals surface area contributed by atoms with Gasteiger partial charge in [-0.2, -0.15) is 0 Å². The fraction of sp³-hybridized carbons (Fsp3) is 0.412. The molecule has 0 aliphatic rings. The number of carboxylic acid groups (broad SMARTS) is 1. The molecule has 0 amide bonds. The number of likely N-dealkylation sites (N-methyl/N-ethyl adjacent to an activating group) is 1. The molecule has 2 aromatic rings. The molecule has 1 N–H and O–H groups in total. The first-order valence-corrected chi connectivity index (χ1v) is 7.33. The smallest absolute Gasteiger partial charge is 0.325 e. The molecular weight excluding hydrogens is 264 g/mol. The Kier molecular flexibility index (Phi) is 8.97. The molecule has 0 spiro atoms. The lowest BCUT2D eigenvalue weighted by molar-refractivity contribution is -0.142. The molecule has 21 heavy (non-hydrogen) atoms. The van der Waals surface area contributed by atoms with Crippen molar-refractivity contribution in [2.24, 2.45) is 0 Å². The average molecular weight is 290 g/mol. The van der Waals surface area contributed by atoms with E-state index in [1.807, 2.05) is 58.0 Å². The van der Waals surface area contributed by atoms with E-state index in [0.717, 1.165) is 10.9 Å². The molecular formula is C17H26N2O2. The van der Waals surface area contributed by atoms with Gasteiger partial charge in [0.15, 0.2) is 0 Å². The van der Waals surface area contributed by atoms with Crippen molar-refractivity contribution in [3.8, 4) is 0 Å². The average Bonchev–Trinajstić information content (AvgIpc) is 2.50. The summed E-state index contributed by atoms with van der Waals surface area (Å²) in [5.74, 6) is -0.868. The van der Waals surface area contributed by atoms with Crippen LogP contribution in [0.15, 0.2) is 36.5 Å². The van der Waals surface area contributed by atoms with E-state index in [4.69, 9.17) is 0 Å². The van der Waals surface area contributed by atoms with E-state index in [2.05, 4.69) is 4.98 Å². The number of aromatic nitrogens is 1. The first-order valence-electron chi connectivity index (χ1n) is 7.33. The number of carbonyl (C=O) groups is 1. The van der Waals surface area contributed by atoms with Crippen molar-refractivity contribution in [3.05, 3.63) is 42.1 Å². The molecule has 1 unspecified atom stereocenters. The first kappa shape index (κ1) is 19.1. The van der Waals surface area contributed by atoms with Gasteiger partial charge in [-0.1, -0.05) is 45.9 Å². The van der Waals surface area contributed by atoms with Crippen LogP contribution in [0, 0.1) is 0 Å². The normalized spacial score (nSPS) is 11.0. The number of benzene rings is 1. The van der Waals surface area contributed by atoms with E-state index in [1.54, 1.807) is 25.2 Å². The number of nitrogens with zero attached hydrogens (tertiary/aromatic N) is 2. The van der Waals surface area contributed by atoms with Crippen molar-refractivity contribution in [3.63, 3.8) is 0 Å². The Balaban J connectivity index is 0.000000921. The summed E-state index contributed by atoms with van der Waals surface area (Å²) in [6.07, 6.45) is 1.63. The summed E-state index contributed by atoms with van der Waals surface area (Å²) in [7, 11) is 3.49. The number of rotatable bonds is 3. The van der Waals surface area contributed by atoms with Crippen LogP contribution in [0.5, 0.6) is 0 Å². The van der Waals surface area contributed by atoms with Gasteiger partial charge in [-0.15, -0.1) is 0 Å². The van der Waals surface area contributed by atoms with E-state index >= 15 is 0 Å². The lowest BCUT2D eigenvalue weighted by Crippen LogP contribution is -2.27. The zero-order valence-corrected chi connectivity index (χ0v) is 13.8. The zero-order chi connectivity index (χ0) is 16.4. The van der Waals surface area contributed by atoms with Crippen molar-refractivity contribution in [2.45, 2.75) is 33.7 Å². The molecule has 116 valence electrons. The number of carboxylic acids is 1. The van der Waals surface area contributed by atoms with E-state index in [0.29, 0.717) is 5.56 Å². The minimum absolute atomic E-state index is 0.660. The summed E-state index contributed by atoms with van der Waals surface area (Å²) in [4.78, 5) is 17.1. The van der Waals surface area contributed by atoms with Crippen LogP contribution in [0.3, 0.4) is 0 Å². The Morgan fingerprint density at radius 1 is 1.14 bits per heavy atom. The second kappa shape index (κ2) is 9.88. The molecule has 0 fully saturated rings. The van der Waals surface area contributed by atoms with Gasteiger partial charge in [-0.3, -0.25) is 14.7 Å². The quantitative estimate of drug-likeness (QED) is 0.929. The second-order valence-electron chi connectivity index (χ2n) is 4.17. The molecule has 0 radical (unpaired) electrons. The number of aliphatic carboxylic acids is 1. The third kappa shape index (κ3) is 5.16. The monoisotopic (exact) mass is 290 g/mol. The van der Waals surface area contributed by atoms with Gasteiger partial charge in [0.25, 0.3) is 0 Å². The van der Waals surface area contributed by atoms with Crippen molar-refractivity contribution in [1.29, 1.82) is 0 Å². The summed E-state index contributed by atoms with van der Waals surface area (Å²) in [5, 5.41) is 10.2. The van der Waals surface area contributed by atoms with Crippen molar-refractivity contribution < 1.29 is 9.90 Å². The third-order valence-electron chi connectivity index (χ3n) is 2.68. The van der Waals surface area contributed by atoms with Crippen LogP contribution in [0.4, 0.5) is 0 Å². The Bertz CT molecular complexity index is 553. The number of hydrogen-bond donors (Lipinski definition) is 1. The highest BCUT2D eigenvalue weighted by atomic mass is 16.4. The lowest BCUT2D eigenvalue weighted by atomic mass is 10.1. The molecule has 4 nitrogen and oxygen atoms in total. The Hall–Kier alpha value is -1.94. The highest BCUT2D eigenvalue weighted by molar-refractivity contribution is 5.82. The van der Waals surface area contributed by atoms with E-state index in [1.165, 1.54) is 0 Å². The maximum atomic E-state index is 11.2. The standard InChI is InChI=1S/C13H14N2O2.2C2H6/c1-15(2)12(13(16)17)10-7-9-5-3-4-6-11(9)14-8-10;2*1-2/h3-8,12H,1-2H3,(H,16,17);2*1-2H3. The predicted octanol–water partition coefficient (Wildman–Crippen LogP) is 3.97. The fourth-order valence-corrected chi connectivity index (χ4v) is 1.90. The van der Waals surface area contributed by atoms with Gasteiger partial charge in [-0.25, -0.2) is 0 Å². The summed E-state index contributed by atoms with van der Waals surface area (Å²) < 4.78 is 0. The van der Waals surface area contributed by atoms with Crippen molar-refractivity contribution >= 4 is 16.9 Å². The van der Waals surface area contributed by atoms with Crippen LogP contribution in [0.1, 0.15) is 39.3 Å². The van der Waals surface area contributed by atoms with E-state index in [9.17, 15) is 9.90 Å². The molecule has 1 aromatic heterocycles. The Morgan fingerprint density at radius 3 is 2.24 bits per heavy atom. The topological polar surface area (TPSA) is 53.4 Å². The molecule has 1 aromatic carbocycles. The fourth-order valence-electron chi connectivity index (χ4n) is 1.90. The van der Waals surface area contributed by atoms with Gasteiger partial charge < -0.3 is 5.11 Å². The van der Waals surface area contributed by atoms with Gasteiger partial charge in [-0.05, 0) is 31.8 Å². The molecule has 4 heteroatoms. The number of para-hydroxylation sites is 1.